The lowest BCUT2D eigenvalue weighted by Crippen LogP contribution is -2.38. The van der Waals surface area contributed by atoms with E-state index in [1.807, 2.05) is 0 Å². The van der Waals surface area contributed by atoms with E-state index in [2.05, 4.69) is 57.3 Å². The van der Waals surface area contributed by atoms with Gasteiger partial charge in [0, 0.05) is 12.1 Å². The maximum atomic E-state index is 10.2. The molecule has 0 saturated carbocycles. The largest absolute Gasteiger partial charge is 0.387 e. The van der Waals surface area contributed by atoms with Crippen molar-refractivity contribution in [3.8, 4) is 0 Å². The lowest BCUT2D eigenvalue weighted by Gasteiger charge is -2.23. The second-order valence-electron chi connectivity index (χ2n) is 6.70. The van der Waals surface area contributed by atoms with Crippen molar-refractivity contribution in [2.24, 2.45) is 0 Å². The summed E-state index contributed by atoms with van der Waals surface area (Å²) >= 11 is 0. The Bertz CT molecular complexity index is 364. The van der Waals surface area contributed by atoms with Crippen LogP contribution in [0.2, 0.25) is 0 Å². The van der Waals surface area contributed by atoms with Crippen LogP contribution in [-0.2, 0) is 6.42 Å². The zero-order valence-corrected chi connectivity index (χ0v) is 13.6. The van der Waals surface area contributed by atoms with E-state index < -0.39 is 6.10 Å². The fraction of sp³-hybridized carbons (Fsp3) is 0.667. The maximum absolute atomic E-state index is 10.2. The molecule has 1 atom stereocenters. The summed E-state index contributed by atoms with van der Waals surface area (Å²) in [5.41, 5.74) is 2.42. The number of rotatable bonds is 8. The Labute approximate surface area is 124 Å². The standard InChI is InChI=1S/C18H31NO/c1-5-6-7-8-9-15-10-12-16(13-11-15)17(20)14-19-18(2,3)4/h10-13,17,19-20H,5-9,14H2,1-4H3. The van der Waals surface area contributed by atoms with Crippen LogP contribution in [0.3, 0.4) is 0 Å². The van der Waals surface area contributed by atoms with Crippen LogP contribution in [0.4, 0.5) is 0 Å². The summed E-state index contributed by atoms with van der Waals surface area (Å²) < 4.78 is 0. The molecule has 0 aliphatic heterocycles. The molecule has 1 unspecified atom stereocenters. The topological polar surface area (TPSA) is 32.3 Å². The minimum absolute atomic E-state index is 0.0419. The van der Waals surface area contributed by atoms with E-state index in [1.54, 1.807) is 0 Å². The molecule has 1 aromatic carbocycles. The molecule has 0 amide bonds. The Morgan fingerprint density at radius 2 is 1.70 bits per heavy atom. The number of hydrogen-bond donors (Lipinski definition) is 2. The molecule has 0 saturated heterocycles. The first-order valence-electron chi connectivity index (χ1n) is 7.94. The number of aryl methyl sites for hydroxylation is 1. The van der Waals surface area contributed by atoms with Crippen LogP contribution in [0.5, 0.6) is 0 Å². The zero-order chi connectivity index (χ0) is 15.0. The summed E-state index contributed by atoms with van der Waals surface area (Å²) in [6.45, 7) is 9.17. The molecule has 20 heavy (non-hydrogen) atoms. The number of nitrogens with one attached hydrogen (secondary N) is 1. The second-order valence-corrected chi connectivity index (χ2v) is 6.70. The van der Waals surface area contributed by atoms with Gasteiger partial charge in [-0.2, -0.15) is 0 Å². The molecule has 114 valence electrons. The van der Waals surface area contributed by atoms with Crippen molar-refractivity contribution in [3.05, 3.63) is 35.4 Å². The smallest absolute Gasteiger partial charge is 0.0914 e. The van der Waals surface area contributed by atoms with Crippen LogP contribution in [0, 0.1) is 0 Å². The van der Waals surface area contributed by atoms with Gasteiger partial charge >= 0.3 is 0 Å². The lowest BCUT2D eigenvalue weighted by atomic mass is 10.0. The second kappa shape index (κ2) is 8.43. The number of aliphatic hydroxyl groups is 1. The summed E-state index contributed by atoms with van der Waals surface area (Å²) in [4.78, 5) is 0. The molecule has 0 spiro atoms. The van der Waals surface area contributed by atoms with Crippen LogP contribution < -0.4 is 5.32 Å². The normalized spacial score (nSPS) is 13.4. The van der Waals surface area contributed by atoms with Gasteiger partial charge in [0.2, 0.25) is 0 Å². The van der Waals surface area contributed by atoms with Crippen molar-refractivity contribution in [2.45, 2.75) is 71.4 Å². The van der Waals surface area contributed by atoms with Crippen molar-refractivity contribution < 1.29 is 5.11 Å². The van der Waals surface area contributed by atoms with Gasteiger partial charge in [0.05, 0.1) is 6.10 Å². The number of β-amino-alcohol motifs (C(OH)–C–C–N with tert-alkyl or cyclic N) is 1. The molecule has 2 N–H and O–H groups in total. The van der Waals surface area contributed by atoms with Crippen molar-refractivity contribution in [3.63, 3.8) is 0 Å². The summed E-state index contributed by atoms with van der Waals surface area (Å²) in [6, 6.07) is 8.43. The van der Waals surface area contributed by atoms with Crippen LogP contribution >= 0.6 is 0 Å². The van der Waals surface area contributed by atoms with E-state index in [9.17, 15) is 5.11 Å². The van der Waals surface area contributed by atoms with Crippen molar-refractivity contribution >= 4 is 0 Å². The molecule has 0 aliphatic rings. The summed E-state index contributed by atoms with van der Waals surface area (Å²) in [5.74, 6) is 0. The van der Waals surface area contributed by atoms with Gasteiger partial charge in [0.15, 0.2) is 0 Å². The highest BCUT2D eigenvalue weighted by Gasteiger charge is 2.13. The van der Waals surface area contributed by atoms with E-state index >= 15 is 0 Å². The van der Waals surface area contributed by atoms with Gasteiger partial charge in [-0.1, -0.05) is 50.5 Å². The Kier molecular flexibility index (Phi) is 7.25. The van der Waals surface area contributed by atoms with E-state index in [1.165, 1.54) is 31.2 Å². The van der Waals surface area contributed by atoms with Crippen molar-refractivity contribution in [1.29, 1.82) is 0 Å². The van der Waals surface area contributed by atoms with Gasteiger partial charge in [0.25, 0.3) is 0 Å². The fourth-order valence-corrected chi connectivity index (χ4v) is 2.18. The first-order valence-corrected chi connectivity index (χ1v) is 7.94. The van der Waals surface area contributed by atoms with E-state index in [4.69, 9.17) is 0 Å². The molecule has 2 heteroatoms. The SMILES string of the molecule is CCCCCCc1ccc(C(O)CNC(C)(C)C)cc1. The first-order chi connectivity index (χ1) is 9.42. The van der Waals surface area contributed by atoms with Gasteiger partial charge in [-0.15, -0.1) is 0 Å². The van der Waals surface area contributed by atoms with Crippen LogP contribution in [-0.4, -0.2) is 17.2 Å². The quantitative estimate of drug-likeness (QED) is 0.697. The molecule has 0 fully saturated rings. The van der Waals surface area contributed by atoms with E-state index in [0.717, 1.165) is 12.0 Å². The molecular weight excluding hydrogens is 246 g/mol. The highest BCUT2D eigenvalue weighted by molar-refractivity contribution is 5.24. The molecule has 0 aromatic heterocycles. The zero-order valence-electron chi connectivity index (χ0n) is 13.6. The Balaban J connectivity index is 2.41. The van der Waals surface area contributed by atoms with Gasteiger partial charge in [-0.3, -0.25) is 0 Å². The lowest BCUT2D eigenvalue weighted by molar-refractivity contribution is 0.163. The molecule has 0 heterocycles. The molecule has 0 radical (unpaired) electrons. The third kappa shape index (κ3) is 7.06. The summed E-state index contributed by atoms with van der Waals surface area (Å²) in [7, 11) is 0. The van der Waals surface area contributed by atoms with Crippen LogP contribution in [0.15, 0.2) is 24.3 Å². The highest BCUT2D eigenvalue weighted by Crippen LogP contribution is 2.16. The summed E-state index contributed by atoms with van der Waals surface area (Å²) in [5, 5.41) is 13.5. The molecule has 1 rings (SSSR count). The fourth-order valence-electron chi connectivity index (χ4n) is 2.18. The van der Waals surface area contributed by atoms with Gasteiger partial charge in [0.1, 0.15) is 0 Å². The third-order valence-electron chi connectivity index (χ3n) is 3.51. The number of unbranched alkanes of at least 4 members (excludes halogenated alkanes) is 3. The van der Waals surface area contributed by atoms with Crippen LogP contribution in [0.25, 0.3) is 0 Å². The minimum atomic E-state index is -0.427. The maximum Gasteiger partial charge on any atom is 0.0914 e. The Morgan fingerprint density at radius 3 is 2.25 bits per heavy atom. The molecule has 2 nitrogen and oxygen atoms in total. The predicted octanol–water partition coefficient (Wildman–Crippen LogP) is 4.23. The van der Waals surface area contributed by atoms with Gasteiger partial charge < -0.3 is 10.4 Å². The van der Waals surface area contributed by atoms with Crippen LogP contribution in [0.1, 0.15) is 70.6 Å². The van der Waals surface area contributed by atoms with E-state index in [0.29, 0.717) is 6.54 Å². The Hall–Kier alpha value is -0.860. The highest BCUT2D eigenvalue weighted by atomic mass is 16.3. The average Bonchev–Trinajstić information content (AvgIpc) is 2.41. The molecule has 1 aromatic rings. The van der Waals surface area contributed by atoms with Gasteiger partial charge in [-0.25, -0.2) is 0 Å². The molecule has 0 aliphatic carbocycles. The predicted molar refractivity (Wildman–Crippen MR) is 87.0 cm³/mol. The molecular formula is C18H31NO. The first kappa shape index (κ1) is 17.2. The van der Waals surface area contributed by atoms with Gasteiger partial charge in [-0.05, 0) is 44.7 Å². The molecule has 0 bridgehead atoms. The minimum Gasteiger partial charge on any atom is -0.387 e. The monoisotopic (exact) mass is 277 g/mol. The Morgan fingerprint density at radius 1 is 1.05 bits per heavy atom. The van der Waals surface area contributed by atoms with Crippen molar-refractivity contribution in [2.75, 3.05) is 6.54 Å². The van der Waals surface area contributed by atoms with Crippen molar-refractivity contribution in [1.82, 2.24) is 5.32 Å². The van der Waals surface area contributed by atoms with E-state index in [-0.39, 0.29) is 5.54 Å². The summed E-state index contributed by atoms with van der Waals surface area (Å²) in [6.07, 6.45) is 5.92. The average molecular weight is 277 g/mol. The number of hydrogen-bond acceptors (Lipinski definition) is 2. The third-order valence-corrected chi connectivity index (χ3v) is 3.51. The number of aliphatic hydroxyl groups excluding tert-OH is 1. The number of benzene rings is 1.